The molecule has 2 aliphatic heterocycles. The summed E-state index contributed by atoms with van der Waals surface area (Å²) < 4.78 is 24.7. The first kappa shape index (κ1) is 24.1. The zero-order valence-corrected chi connectivity index (χ0v) is 19.2. The normalized spacial score (nSPS) is 19.0. The predicted octanol–water partition coefficient (Wildman–Crippen LogP) is 2.53. The van der Waals surface area contributed by atoms with Gasteiger partial charge >= 0.3 is 6.03 Å². The summed E-state index contributed by atoms with van der Waals surface area (Å²) in [4.78, 5) is 31.7. The van der Waals surface area contributed by atoms with E-state index in [4.69, 9.17) is 9.47 Å². The van der Waals surface area contributed by atoms with E-state index in [1.807, 2.05) is 30.3 Å². The molecule has 2 saturated heterocycles. The van der Waals surface area contributed by atoms with Gasteiger partial charge in [-0.05, 0) is 36.4 Å². The number of hydrogen-bond donors (Lipinski definition) is 1. The van der Waals surface area contributed by atoms with E-state index in [9.17, 15) is 14.0 Å². The van der Waals surface area contributed by atoms with Crippen LogP contribution < -0.4 is 5.32 Å². The number of rotatable bonds is 7. The fraction of sp³-hybridized carbons (Fsp3) is 0.440. The summed E-state index contributed by atoms with van der Waals surface area (Å²) >= 11 is 0. The molecule has 182 valence electrons. The molecule has 1 unspecified atom stereocenters. The lowest BCUT2D eigenvalue weighted by atomic mass is 10.1. The maximum absolute atomic E-state index is 13.4. The van der Waals surface area contributed by atoms with E-state index in [0.717, 1.165) is 18.8 Å². The van der Waals surface area contributed by atoms with Crippen LogP contribution in [0.3, 0.4) is 0 Å². The molecule has 34 heavy (non-hydrogen) atoms. The summed E-state index contributed by atoms with van der Waals surface area (Å²) in [5.41, 5.74) is 1.16. The monoisotopic (exact) mass is 470 g/mol. The molecule has 4 rings (SSSR count). The SMILES string of the molecule is O=C(Nc1ccccc1)N1CCOC(CN(CCN2CCOCC2)C(=O)c2ccc(F)cc2)C1. The number of nitrogens with zero attached hydrogens (tertiary/aromatic N) is 3. The van der Waals surface area contributed by atoms with Gasteiger partial charge in [-0.25, -0.2) is 9.18 Å². The minimum absolute atomic E-state index is 0.178. The smallest absolute Gasteiger partial charge is 0.322 e. The van der Waals surface area contributed by atoms with Crippen LogP contribution >= 0.6 is 0 Å². The second-order valence-corrected chi connectivity index (χ2v) is 8.45. The van der Waals surface area contributed by atoms with Crippen molar-refractivity contribution in [2.45, 2.75) is 6.10 Å². The van der Waals surface area contributed by atoms with Crippen molar-refractivity contribution in [2.24, 2.45) is 0 Å². The lowest BCUT2D eigenvalue weighted by Gasteiger charge is -2.36. The molecule has 9 heteroatoms. The van der Waals surface area contributed by atoms with Crippen LogP contribution in [-0.4, -0.2) is 98.4 Å². The molecule has 0 spiro atoms. The number of amides is 3. The number of morpholine rings is 2. The van der Waals surface area contributed by atoms with Gasteiger partial charge in [0.15, 0.2) is 0 Å². The van der Waals surface area contributed by atoms with Crippen molar-refractivity contribution >= 4 is 17.6 Å². The van der Waals surface area contributed by atoms with Crippen LogP contribution in [0.1, 0.15) is 10.4 Å². The number of nitrogens with one attached hydrogen (secondary N) is 1. The van der Waals surface area contributed by atoms with E-state index in [-0.39, 0.29) is 23.9 Å². The van der Waals surface area contributed by atoms with Gasteiger partial charge in [0.25, 0.3) is 5.91 Å². The average molecular weight is 471 g/mol. The zero-order valence-electron chi connectivity index (χ0n) is 19.2. The van der Waals surface area contributed by atoms with Gasteiger partial charge in [-0.3, -0.25) is 9.69 Å². The van der Waals surface area contributed by atoms with E-state index in [1.165, 1.54) is 24.3 Å². The Hall–Kier alpha value is -3.01. The molecular weight excluding hydrogens is 439 g/mol. The summed E-state index contributed by atoms with van der Waals surface area (Å²) in [6.07, 6.45) is -0.315. The van der Waals surface area contributed by atoms with E-state index >= 15 is 0 Å². The molecule has 8 nitrogen and oxygen atoms in total. The third kappa shape index (κ3) is 6.75. The van der Waals surface area contributed by atoms with E-state index in [1.54, 1.807) is 9.80 Å². The Labute approximate surface area is 199 Å². The molecule has 2 aromatic rings. The van der Waals surface area contributed by atoms with Gasteiger partial charge in [0, 0.05) is 50.5 Å². The number of carbonyl (C=O) groups excluding carboxylic acids is 2. The number of anilines is 1. The standard InChI is InChI=1S/C25H31FN4O4/c26-21-8-6-20(7-9-21)24(31)29(11-10-28-12-15-33-16-13-28)18-23-19-30(14-17-34-23)25(32)27-22-4-2-1-3-5-22/h1-9,23H,10-19H2,(H,27,32). The van der Waals surface area contributed by atoms with Crippen molar-refractivity contribution in [2.75, 3.05) is 71.0 Å². The minimum atomic E-state index is -0.382. The molecule has 0 bridgehead atoms. The summed E-state index contributed by atoms with van der Waals surface area (Å²) in [5, 5.41) is 2.90. The molecule has 0 aromatic heterocycles. The maximum atomic E-state index is 13.4. The van der Waals surface area contributed by atoms with Crippen molar-refractivity contribution in [3.8, 4) is 0 Å². The van der Waals surface area contributed by atoms with Crippen LogP contribution in [0, 0.1) is 5.82 Å². The van der Waals surface area contributed by atoms with Crippen LogP contribution in [0.25, 0.3) is 0 Å². The fourth-order valence-corrected chi connectivity index (χ4v) is 4.12. The molecule has 2 aliphatic rings. The van der Waals surface area contributed by atoms with Gasteiger partial charge in [-0.1, -0.05) is 18.2 Å². The van der Waals surface area contributed by atoms with Crippen molar-refractivity contribution in [1.82, 2.24) is 14.7 Å². The Bertz CT molecular complexity index is 938. The fourth-order valence-electron chi connectivity index (χ4n) is 4.12. The van der Waals surface area contributed by atoms with E-state index in [0.29, 0.717) is 58.1 Å². The van der Waals surface area contributed by atoms with Crippen molar-refractivity contribution in [3.63, 3.8) is 0 Å². The highest BCUT2D eigenvalue weighted by atomic mass is 19.1. The zero-order chi connectivity index (χ0) is 23.8. The van der Waals surface area contributed by atoms with Crippen molar-refractivity contribution in [3.05, 3.63) is 66.0 Å². The highest BCUT2D eigenvalue weighted by Gasteiger charge is 2.28. The lowest BCUT2D eigenvalue weighted by Crippen LogP contribution is -2.52. The van der Waals surface area contributed by atoms with Crippen molar-refractivity contribution < 1.29 is 23.5 Å². The highest BCUT2D eigenvalue weighted by molar-refractivity contribution is 5.94. The number of carbonyl (C=O) groups is 2. The van der Waals surface area contributed by atoms with Gasteiger partial charge in [0.05, 0.1) is 32.5 Å². The number of benzene rings is 2. The van der Waals surface area contributed by atoms with E-state index < -0.39 is 0 Å². The first-order valence-electron chi connectivity index (χ1n) is 11.7. The predicted molar refractivity (Wildman–Crippen MR) is 126 cm³/mol. The molecule has 3 amide bonds. The summed E-state index contributed by atoms with van der Waals surface area (Å²) in [5.74, 6) is -0.560. The van der Waals surface area contributed by atoms with E-state index in [2.05, 4.69) is 10.2 Å². The number of hydrogen-bond acceptors (Lipinski definition) is 5. The first-order chi connectivity index (χ1) is 16.6. The van der Waals surface area contributed by atoms with Crippen LogP contribution in [0.4, 0.5) is 14.9 Å². The summed E-state index contributed by atoms with van der Waals surface area (Å²) in [6, 6.07) is 14.7. The van der Waals surface area contributed by atoms with Crippen LogP contribution in [-0.2, 0) is 9.47 Å². The Morgan fingerprint density at radius 1 is 1.00 bits per heavy atom. The third-order valence-electron chi connectivity index (χ3n) is 6.04. The average Bonchev–Trinajstić information content (AvgIpc) is 2.88. The van der Waals surface area contributed by atoms with Crippen LogP contribution in [0.15, 0.2) is 54.6 Å². The van der Waals surface area contributed by atoms with Crippen LogP contribution in [0.5, 0.6) is 0 Å². The number of para-hydroxylation sites is 1. The molecular formula is C25H31FN4O4. The van der Waals surface area contributed by atoms with Crippen molar-refractivity contribution in [1.29, 1.82) is 0 Å². The third-order valence-corrected chi connectivity index (χ3v) is 6.04. The van der Waals surface area contributed by atoms with Crippen LogP contribution in [0.2, 0.25) is 0 Å². The molecule has 1 N–H and O–H groups in total. The molecule has 1 atom stereocenters. The molecule has 0 radical (unpaired) electrons. The summed E-state index contributed by atoms with van der Waals surface area (Å²) in [7, 11) is 0. The topological polar surface area (TPSA) is 74.4 Å². The highest BCUT2D eigenvalue weighted by Crippen LogP contribution is 2.14. The van der Waals surface area contributed by atoms with Gasteiger partial charge < -0.3 is 24.6 Å². The lowest BCUT2D eigenvalue weighted by molar-refractivity contribution is -0.0282. The molecule has 0 aliphatic carbocycles. The molecule has 2 fully saturated rings. The largest absolute Gasteiger partial charge is 0.379 e. The second kappa shape index (κ2) is 11.9. The van der Waals surface area contributed by atoms with Gasteiger partial charge in [-0.2, -0.15) is 0 Å². The second-order valence-electron chi connectivity index (χ2n) is 8.45. The maximum Gasteiger partial charge on any atom is 0.322 e. The Kier molecular flexibility index (Phi) is 8.46. The Balaban J connectivity index is 1.39. The Morgan fingerprint density at radius 2 is 1.74 bits per heavy atom. The molecule has 0 saturated carbocycles. The quantitative estimate of drug-likeness (QED) is 0.673. The minimum Gasteiger partial charge on any atom is -0.379 e. The molecule has 2 heterocycles. The van der Waals surface area contributed by atoms with Gasteiger partial charge in [0.2, 0.25) is 0 Å². The molecule has 2 aromatic carbocycles. The number of urea groups is 1. The number of halogens is 1. The Morgan fingerprint density at radius 3 is 2.47 bits per heavy atom. The number of ether oxygens (including phenoxy) is 2. The van der Waals surface area contributed by atoms with Gasteiger partial charge in [-0.15, -0.1) is 0 Å². The summed E-state index contributed by atoms with van der Waals surface area (Å²) in [6.45, 7) is 5.83. The first-order valence-corrected chi connectivity index (χ1v) is 11.7. The van der Waals surface area contributed by atoms with Gasteiger partial charge in [0.1, 0.15) is 5.82 Å².